The molecular weight excluding hydrogens is 380 g/mol. The third-order valence-electron chi connectivity index (χ3n) is 5.38. The van der Waals surface area contributed by atoms with E-state index in [0.717, 1.165) is 48.8 Å². The Labute approximate surface area is 176 Å². The van der Waals surface area contributed by atoms with Gasteiger partial charge in [-0.15, -0.1) is 0 Å². The Kier molecular flexibility index (Phi) is 5.88. The van der Waals surface area contributed by atoms with Gasteiger partial charge in [0.1, 0.15) is 11.5 Å². The minimum Gasteiger partial charge on any atom is -0.497 e. The molecule has 2 N–H and O–H groups in total. The molecule has 1 aliphatic heterocycles. The van der Waals surface area contributed by atoms with Crippen molar-refractivity contribution in [3.05, 3.63) is 60.2 Å². The van der Waals surface area contributed by atoms with Crippen LogP contribution in [-0.4, -0.2) is 49.5 Å². The third kappa shape index (κ3) is 4.40. The number of anilines is 1. The maximum Gasteiger partial charge on any atom is 0.251 e. The molecule has 1 saturated heterocycles. The second-order valence-corrected chi connectivity index (χ2v) is 7.36. The van der Waals surface area contributed by atoms with Gasteiger partial charge in [0.25, 0.3) is 5.91 Å². The average molecular weight is 406 g/mol. The molecule has 0 saturated carbocycles. The lowest BCUT2D eigenvalue weighted by molar-refractivity contribution is 0.0932. The quantitative estimate of drug-likeness (QED) is 0.655. The van der Waals surface area contributed by atoms with Crippen LogP contribution in [0.5, 0.6) is 11.5 Å². The molecule has 0 spiro atoms. The minimum absolute atomic E-state index is 0.0681. The fraction of sp³-hybridized carbons (Fsp3) is 0.304. The highest BCUT2D eigenvalue weighted by Crippen LogP contribution is 2.26. The number of piperidine rings is 1. The monoisotopic (exact) mass is 406 g/mol. The number of amides is 1. The summed E-state index contributed by atoms with van der Waals surface area (Å²) in [7, 11) is 3.25. The average Bonchev–Trinajstić information content (AvgIpc) is 3.30. The Morgan fingerprint density at radius 2 is 1.90 bits per heavy atom. The van der Waals surface area contributed by atoms with Crippen molar-refractivity contribution < 1.29 is 14.3 Å². The highest BCUT2D eigenvalue weighted by molar-refractivity contribution is 5.94. The van der Waals surface area contributed by atoms with E-state index in [-0.39, 0.29) is 11.9 Å². The van der Waals surface area contributed by atoms with E-state index < -0.39 is 0 Å². The third-order valence-corrected chi connectivity index (χ3v) is 5.38. The van der Waals surface area contributed by atoms with Gasteiger partial charge in [0.2, 0.25) is 0 Å². The number of hydrogen-bond acceptors (Lipinski definition) is 5. The number of hydrogen-bond donors (Lipinski definition) is 2. The molecule has 2 aromatic carbocycles. The first-order chi connectivity index (χ1) is 14.7. The van der Waals surface area contributed by atoms with Crippen molar-refractivity contribution in [2.24, 2.45) is 0 Å². The van der Waals surface area contributed by atoms with Crippen LogP contribution in [0, 0.1) is 0 Å². The minimum atomic E-state index is -0.0818. The molecule has 7 nitrogen and oxygen atoms in total. The molecule has 0 radical (unpaired) electrons. The van der Waals surface area contributed by atoms with Crippen LogP contribution < -0.4 is 19.7 Å². The van der Waals surface area contributed by atoms with Gasteiger partial charge >= 0.3 is 0 Å². The summed E-state index contributed by atoms with van der Waals surface area (Å²) in [5.41, 5.74) is 2.61. The van der Waals surface area contributed by atoms with E-state index in [4.69, 9.17) is 9.47 Å². The first-order valence-corrected chi connectivity index (χ1v) is 10.1. The lowest BCUT2D eigenvalue weighted by atomic mass is 10.0. The van der Waals surface area contributed by atoms with E-state index in [0.29, 0.717) is 11.3 Å². The molecule has 0 unspecified atom stereocenters. The summed E-state index contributed by atoms with van der Waals surface area (Å²) in [4.78, 5) is 14.9. The Morgan fingerprint density at radius 3 is 2.67 bits per heavy atom. The number of aromatic nitrogens is 2. The molecule has 1 atom stereocenters. The van der Waals surface area contributed by atoms with E-state index >= 15 is 0 Å². The Hall–Kier alpha value is -3.48. The van der Waals surface area contributed by atoms with Crippen molar-refractivity contribution >= 4 is 11.7 Å². The predicted octanol–water partition coefficient (Wildman–Crippen LogP) is 3.49. The van der Waals surface area contributed by atoms with Gasteiger partial charge in [0.05, 0.1) is 19.9 Å². The second kappa shape index (κ2) is 8.90. The SMILES string of the molecule is COc1ccc(-c2cc(N3CCC[C@H](NC(=O)c4cccc(OC)c4)C3)n[nH]2)cc1. The molecule has 1 amide bonds. The first-order valence-electron chi connectivity index (χ1n) is 10.1. The number of carbonyl (C=O) groups is 1. The molecule has 1 aliphatic rings. The van der Waals surface area contributed by atoms with Gasteiger partial charge in [-0.2, -0.15) is 5.10 Å². The summed E-state index contributed by atoms with van der Waals surface area (Å²) in [6.45, 7) is 1.64. The van der Waals surface area contributed by atoms with Crippen LogP contribution in [0.3, 0.4) is 0 Å². The molecular formula is C23H26N4O3. The van der Waals surface area contributed by atoms with Crippen molar-refractivity contribution in [1.82, 2.24) is 15.5 Å². The van der Waals surface area contributed by atoms with Gasteiger partial charge in [-0.1, -0.05) is 6.07 Å². The molecule has 156 valence electrons. The summed E-state index contributed by atoms with van der Waals surface area (Å²) in [6.07, 6.45) is 1.94. The van der Waals surface area contributed by atoms with E-state index in [2.05, 4.69) is 20.4 Å². The molecule has 0 aliphatic carbocycles. The van der Waals surface area contributed by atoms with Crippen molar-refractivity contribution in [3.63, 3.8) is 0 Å². The van der Waals surface area contributed by atoms with Crippen LogP contribution in [0.4, 0.5) is 5.82 Å². The van der Waals surface area contributed by atoms with E-state index in [9.17, 15) is 4.79 Å². The highest BCUT2D eigenvalue weighted by atomic mass is 16.5. The van der Waals surface area contributed by atoms with Gasteiger partial charge in [-0.05, 0) is 60.9 Å². The number of aromatic amines is 1. The Morgan fingerprint density at radius 1 is 1.10 bits per heavy atom. The van der Waals surface area contributed by atoms with E-state index in [1.54, 1.807) is 26.4 Å². The largest absolute Gasteiger partial charge is 0.497 e. The van der Waals surface area contributed by atoms with Gasteiger partial charge in [0.15, 0.2) is 5.82 Å². The van der Waals surface area contributed by atoms with Crippen LogP contribution in [-0.2, 0) is 0 Å². The smallest absolute Gasteiger partial charge is 0.251 e. The maximum atomic E-state index is 12.6. The second-order valence-electron chi connectivity index (χ2n) is 7.36. The highest BCUT2D eigenvalue weighted by Gasteiger charge is 2.24. The van der Waals surface area contributed by atoms with Gasteiger partial charge < -0.3 is 19.7 Å². The zero-order valence-electron chi connectivity index (χ0n) is 17.2. The van der Waals surface area contributed by atoms with E-state index in [1.807, 2.05) is 42.5 Å². The lowest BCUT2D eigenvalue weighted by Crippen LogP contribution is -2.48. The summed E-state index contributed by atoms with van der Waals surface area (Å²) in [6, 6.07) is 17.2. The van der Waals surface area contributed by atoms with Crippen molar-refractivity contribution in [3.8, 4) is 22.8 Å². The van der Waals surface area contributed by atoms with Gasteiger partial charge in [-0.3, -0.25) is 9.89 Å². The topological polar surface area (TPSA) is 79.5 Å². The van der Waals surface area contributed by atoms with Crippen LogP contribution >= 0.6 is 0 Å². The zero-order valence-corrected chi connectivity index (χ0v) is 17.2. The standard InChI is InChI=1S/C23H26N4O3/c1-29-19-10-8-16(9-11-19)21-14-22(26-25-21)27-12-4-6-18(15-27)24-23(28)17-5-3-7-20(13-17)30-2/h3,5,7-11,13-14,18H,4,6,12,15H2,1-2H3,(H,24,28)(H,25,26)/t18-/m0/s1. The number of ether oxygens (including phenoxy) is 2. The number of methoxy groups -OCH3 is 2. The Balaban J connectivity index is 1.41. The van der Waals surface area contributed by atoms with Crippen LogP contribution in [0.25, 0.3) is 11.3 Å². The maximum absolute atomic E-state index is 12.6. The summed E-state index contributed by atoms with van der Waals surface area (Å²) in [5.74, 6) is 2.31. The molecule has 1 aromatic heterocycles. The number of H-pyrrole nitrogens is 1. The first kappa shape index (κ1) is 19.8. The van der Waals surface area contributed by atoms with Crippen molar-refractivity contribution in [1.29, 1.82) is 0 Å². The van der Waals surface area contributed by atoms with Gasteiger partial charge in [0, 0.05) is 30.8 Å². The molecule has 2 heterocycles. The number of benzene rings is 2. The van der Waals surface area contributed by atoms with Crippen LogP contribution in [0.1, 0.15) is 23.2 Å². The number of carbonyl (C=O) groups excluding carboxylic acids is 1. The lowest BCUT2D eigenvalue weighted by Gasteiger charge is -2.33. The number of rotatable bonds is 6. The molecule has 30 heavy (non-hydrogen) atoms. The molecule has 1 fully saturated rings. The van der Waals surface area contributed by atoms with Crippen molar-refractivity contribution in [2.75, 3.05) is 32.2 Å². The molecule has 7 heteroatoms. The molecule has 0 bridgehead atoms. The fourth-order valence-electron chi connectivity index (χ4n) is 3.73. The van der Waals surface area contributed by atoms with E-state index in [1.165, 1.54) is 0 Å². The summed E-state index contributed by atoms with van der Waals surface area (Å²) in [5, 5.41) is 10.8. The van der Waals surface area contributed by atoms with Crippen LogP contribution in [0.2, 0.25) is 0 Å². The fourth-order valence-corrected chi connectivity index (χ4v) is 3.73. The van der Waals surface area contributed by atoms with Gasteiger partial charge in [-0.25, -0.2) is 0 Å². The zero-order chi connectivity index (χ0) is 20.9. The molecule has 4 rings (SSSR count). The van der Waals surface area contributed by atoms with Crippen LogP contribution in [0.15, 0.2) is 54.6 Å². The Bertz CT molecular complexity index is 1000. The van der Waals surface area contributed by atoms with Crippen molar-refractivity contribution in [2.45, 2.75) is 18.9 Å². The summed E-state index contributed by atoms with van der Waals surface area (Å²) < 4.78 is 10.4. The normalized spacial score (nSPS) is 16.2. The number of nitrogens with one attached hydrogen (secondary N) is 2. The number of nitrogens with zero attached hydrogens (tertiary/aromatic N) is 2. The molecule has 3 aromatic rings. The summed E-state index contributed by atoms with van der Waals surface area (Å²) >= 11 is 0. The predicted molar refractivity (Wildman–Crippen MR) is 116 cm³/mol.